The fourth-order valence-electron chi connectivity index (χ4n) is 2.17. The van der Waals surface area contributed by atoms with E-state index in [0.717, 1.165) is 11.1 Å². The molecule has 0 spiro atoms. The molecule has 0 amide bonds. The highest BCUT2D eigenvalue weighted by molar-refractivity contribution is 5.21. The molecule has 0 fully saturated rings. The Hall–Kier alpha value is -2.40. The van der Waals surface area contributed by atoms with E-state index in [1.165, 1.54) is 6.20 Å². The van der Waals surface area contributed by atoms with Crippen molar-refractivity contribution in [3.05, 3.63) is 71.6 Å². The highest BCUT2D eigenvalue weighted by Crippen LogP contribution is 2.27. The van der Waals surface area contributed by atoms with Gasteiger partial charge in [0, 0.05) is 12.3 Å². The molecule has 0 aliphatic heterocycles. The predicted molar refractivity (Wildman–Crippen MR) is 86.9 cm³/mol. The third kappa shape index (κ3) is 4.05. The highest BCUT2D eigenvalue weighted by atomic mass is 16.4. The highest BCUT2D eigenvalue weighted by Gasteiger charge is 2.22. The first kappa shape index (κ1) is 16.0. The van der Waals surface area contributed by atoms with E-state index >= 15 is 0 Å². The molecule has 5 heteroatoms. The second-order valence-corrected chi connectivity index (χ2v) is 5.33. The molecule has 2 aromatic rings. The molecule has 1 aromatic heterocycles. The average Bonchev–Trinajstić information content (AvgIpc) is 3.00. The summed E-state index contributed by atoms with van der Waals surface area (Å²) in [7, 11) is 0. The van der Waals surface area contributed by atoms with Crippen molar-refractivity contribution in [3.63, 3.8) is 0 Å². The zero-order valence-corrected chi connectivity index (χ0v) is 12.9. The van der Waals surface area contributed by atoms with Crippen LogP contribution >= 0.6 is 0 Å². The number of hydrogen-bond acceptors (Lipinski definition) is 5. The summed E-state index contributed by atoms with van der Waals surface area (Å²) in [6.45, 7) is 4.04. The summed E-state index contributed by atoms with van der Waals surface area (Å²) in [5, 5.41) is 8.15. The molecule has 0 radical (unpaired) electrons. The van der Waals surface area contributed by atoms with E-state index in [9.17, 15) is 0 Å². The summed E-state index contributed by atoms with van der Waals surface area (Å²) in [6, 6.07) is 9.75. The predicted octanol–water partition coefficient (Wildman–Crippen LogP) is 2.83. The first-order chi connectivity index (χ1) is 10.6. The molecule has 1 heterocycles. The minimum atomic E-state index is -0.322. The standard InChI is InChI=1S/C17H22N4O/c1-12(7-6-10-18)11-15-20-21-17(22-15)16(19)13(2)14-8-4-3-5-9-14/h3-10,13,16H,11,18-19H2,1-2H3/b10-6-,12-7+/t13?,16-/m0/s1. The van der Waals surface area contributed by atoms with Gasteiger partial charge in [-0.15, -0.1) is 10.2 Å². The lowest BCUT2D eigenvalue weighted by Gasteiger charge is -2.16. The second kappa shape index (κ2) is 7.56. The maximum absolute atomic E-state index is 6.26. The van der Waals surface area contributed by atoms with E-state index in [-0.39, 0.29) is 12.0 Å². The number of nitrogens with two attached hydrogens (primary N) is 2. The third-order valence-corrected chi connectivity index (χ3v) is 3.55. The van der Waals surface area contributed by atoms with E-state index in [4.69, 9.17) is 15.9 Å². The molecule has 0 aliphatic rings. The smallest absolute Gasteiger partial charge is 0.233 e. The zero-order valence-electron chi connectivity index (χ0n) is 12.9. The van der Waals surface area contributed by atoms with Crippen LogP contribution in [0.2, 0.25) is 0 Å². The van der Waals surface area contributed by atoms with Gasteiger partial charge in [-0.2, -0.15) is 0 Å². The van der Waals surface area contributed by atoms with Crippen LogP contribution in [0.1, 0.15) is 43.2 Å². The van der Waals surface area contributed by atoms with Crippen molar-refractivity contribution in [2.45, 2.75) is 32.2 Å². The van der Waals surface area contributed by atoms with Crippen LogP contribution in [0, 0.1) is 0 Å². The summed E-state index contributed by atoms with van der Waals surface area (Å²) in [5.74, 6) is 1.13. The van der Waals surface area contributed by atoms with Crippen molar-refractivity contribution in [3.8, 4) is 0 Å². The van der Waals surface area contributed by atoms with Crippen molar-refractivity contribution in [1.29, 1.82) is 0 Å². The Balaban J connectivity index is 2.07. The van der Waals surface area contributed by atoms with Crippen molar-refractivity contribution in [2.75, 3.05) is 0 Å². The summed E-state index contributed by atoms with van der Waals surface area (Å²) >= 11 is 0. The molecule has 22 heavy (non-hydrogen) atoms. The van der Waals surface area contributed by atoms with Gasteiger partial charge in [0.25, 0.3) is 0 Å². The first-order valence-electron chi connectivity index (χ1n) is 7.28. The Kier molecular flexibility index (Phi) is 5.49. The molecular formula is C17H22N4O. The van der Waals surface area contributed by atoms with Gasteiger partial charge in [-0.05, 0) is 24.8 Å². The number of rotatable bonds is 6. The molecule has 2 atom stereocenters. The van der Waals surface area contributed by atoms with Crippen LogP contribution in [0.15, 0.2) is 58.7 Å². The number of benzene rings is 1. The Bertz CT molecular complexity index is 646. The Labute approximate surface area is 130 Å². The number of allylic oxidation sites excluding steroid dienone is 3. The zero-order chi connectivity index (χ0) is 15.9. The van der Waals surface area contributed by atoms with E-state index < -0.39 is 0 Å². The molecule has 0 bridgehead atoms. The number of nitrogens with zero attached hydrogens (tertiary/aromatic N) is 2. The van der Waals surface area contributed by atoms with Gasteiger partial charge in [-0.3, -0.25) is 0 Å². The molecule has 0 saturated heterocycles. The summed E-state index contributed by atoms with van der Waals surface area (Å²) in [6.07, 6.45) is 5.76. The maximum Gasteiger partial charge on any atom is 0.233 e. The van der Waals surface area contributed by atoms with Gasteiger partial charge >= 0.3 is 0 Å². The van der Waals surface area contributed by atoms with Crippen LogP contribution in [0.4, 0.5) is 0 Å². The molecular weight excluding hydrogens is 276 g/mol. The van der Waals surface area contributed by atoms with Gasteiger partial charge in [0.2, 0.25) is 11.8 Å². The van der Waals surface area contributed by atoms with Gasteiger partial charge in [-0.1, -0.05) is 48.9 Å². The van der Waals surface area contributed by atoms with Crippen LogP contribution in [0.5, 0.6) is 0 Å². The van der Waals surface area contributed by atoms with E-state index in [1.54, 1.807) is 6.08 Å². The number of hydrogen-bond donors (Lipinski definition) is 2. The van der Waals surface area contributed by atoms with Gasteiger partial charge in [0.05, 0.1) is 6.04 Å². The quantitative estimate of drug-likeness (QED) is 0.800. The summed E-state index contributed by atoms with van der Waals surface area (Å²) in [4.78, 5) is 0. The normalized spacial score (nSPS) is 15.1. The minimum Gasteiger partial charge on any atom is -0.423 e. The fraction of sp³-hybridized carbons (Fsp3) is 0.294. The van der Waals surface area contributed by atoms with Crippen LogP contribution in [-0.2, 0) is 6.42 Å². The van der Waals surface area contributed by atoms with Crippen LogP contribution in [-0.4, -0.2) is 10.2 Å². The molecule has 1 aromatic carbocycles. The third-order valence-electron chi connectivity index (χ3n) is 3.55. The molecule has 116 valence electrons. The molecule has 4 N–H and O–H groups in total. The Morgan fingerprint density at radius 1 is 1.27 bits per heavy atom. The topological polar surface area (TPSA) is 91.0 Å². The molecule has 0 saturated carbocycles. The molecule has 5 nitrogen and oxygen atoms in total. The van der Waals surface area contributed by atoms with Gasteiger partial charge in [-0.25, -0.2) is 0 Å². The van der Waals surface area contributed by atoms with Crippen LogP contribution < -0.4 is 11.5 Å². The van der Waals surface area contributed by atoms with E-state index in [1.807, 2.05) is 43.3 Å². The largest absolute Gasteiger partial charge is 0.423 e. The minimum absolute atomic E-state index is 0.103. The van der Waals surface area contributed by atoms with Crippen LogP contribution in [0.3, 0.4) is 0 Å². The van der Waals surface area contributed by atoms with E-state index in [0.29, 0.717) is 18.2 Å². The lowest BCUT2D eigenvalue weighted by atomic mass is 9.94. The second-order valence-electron chi connectivity index (χ2n) is 5.33. The molecule has 2 rings (SSSR count). The van der Waals surface area contributed by atoms with Gasteiger partial charge < -0.3 is 15.9 Å². The maximum atomic E-state index is 6.26. The average molecular weight is 298 g/mol. The van der Waals surface area contributed by atoms with Crippen molar-refractivity contribution < 1.29 is 4.42 Å². The number of aromatic nitrogens is 2. The monoisotopic (exact) mass is 298 g/mol. The van der Waals surface area contributed by atoms with E-state index in [2.05, 4.69) is 17.1 Å². The summed E-state index contributed by atoms with van der Waals surface area (Å²) in [5.41, 5.74) is 13.8. The molecule has 0 aliphatic carbocycles. The SMILES string of the molecule is C/C(=C\C=C/N)Cc1nnc([C@@H](N)C(C)c2ccccc2)o1. The lowest BCUT2D eigenvalue weighted by Crippen LogP contribution is -2.18. The van der Waals surface area contributed by atoms with Crippen molar-refractivity contribution in [2.24, 2.45) is 11.5 Å². The lowest BCUT2D eigenvalue weighted by molar-refractivity contribution is 0.399. The van der Waals surface area contributed by atoms with Gasteiger partial charge in [0.15, 0.2) is 0 Å². The van der Waals surface area contributed by atoms with Gasteiger partial charge in [0.1, 0.15) is 0 Å². The first-order valence-corrected chi connectivity index (χ1v) is 7.28. The fourth-order valence-corrected chi connectivity index (χ4v) is 2.17. The Morgan fingerprint density at radius 2 is 2.00 bits per heavy atom. The Morgan fingerprint density at radius 3 is 2.68 bits per heavy atom. The molecule has 1 unspecified atom stereocenters. The van der Waals surface area contributed by atoms with Crippen molar-refractivity contribution >= 4 is 0 Å². The van der Waals surface area contributed by atoms with Crippen molar-refractivity contribution in [1.82, 2.24) is 10.2 Å². The summed E-state index contributed by atoms with van der Waals surface area (Å²) < 4.78 is 5.70. The van der Waals surface area contributed by atoms with Crippen LogP contribution in [0.25, 0.3) is 0 Å².